The summed E-state index contributed by atoms with van der Waals surface area (Å²) in [4.78, 5) is 3.36. The molecule has 0 aromatic rings. The minimum atomic E-state index is 0.130. The van der Waals surface area contributed by atoms with Gasteiger partial charge in [0.1, 0.15) is 0 Å². The summed E-state index contributed by atoms with van der Waals surface area (Å²) in [6, 6.07) is 0. The van der Waals surface area contributed by atoms with Crippen LogP contribution in [0.15, 0.2) is 4.99 Å². The Balaban J connectivity index is -0.0000000847. The number of guanidine groups is 1. The quantitative estimate of drug-likeness (QED) is 0.401. The lowest BCUT2D eigenvalue weighted by molar-refractivity contribution is 1.09. The van der Waals surface area contributed by atoms with Gasteiger partial charge in [0, 0.05) is 7.05 Å². The Morgan fingerprint density at radius 3 is 1.30 bits per heavy atom. The molecule has 0 saturated carbocycles. The van der Waals surface area contributed by atoms with Gasteiger partial charge >= 0.3 is 0 Å². The largest absolute Gasteiger partial charge is 0.370 e. The summed E-state index contributed by atoms with van der Waals surface area (Å²) in [5, 5.41) is 0. The smallest absolute Gasteiger partial charge is 0.185 e. The van der Waals surface area contributed by atoms with Crippen LogP contribution in [-0.2, 0) is 0 Å². The fourth-order valence-corrected chi connectivity index (χ4v) is 0. The van der Waals surface area contributed by atoms with E-state index in [2.05, 4.69) is 18.8 Å². The zero-order chi connectivity index (χ0) is 8.99. The Morgan fingerprint density at radius 1 is 1.20 bits per heavy atom. The van der Waals surface area contributed by atoms with Gasteiger partial charge in [0.2, 0.25) is 0 Å². The van der Waals surface area contributed by atoms with Crippen LogP contribution in [0, 0.1) is 0 Å². The van der Waals surface area contributed by atoms with Crippen LogP contribution in [0.2, 0.25) is 0 Å². The van der Waals surface area contributed by atoms with Crippen molar-refractivity contribution in [3.63, 3.8) is 0 Å². The third kappa shape index (κ3) is 177. The van der Waals surface area contributed by atoms with Crippen molar-refractivity contribution in [3.8, 4) is 0 Å². The molecule has 0 unspecified atom stereocenters. The van der Waals surface area contributed by atoms with Crippen LogP contribution in [0.25, 0.3) is 0 Å². The lowest BCUT2D eigenvalue weighted by atomic mass is 10.6. The molecule has 0 heterocycles. The lowest BCUT2D eigenvalue weighted by Gasteiger charge is -1.77. The fourth-order valence-electron chi connectivity index (χ4n) is 0. The van der Waals surface area contributed by atoms with Gasteiger partial charge in [0.15, 0.2) is 5.96 Å². The van der Waals surface area contributed by atoms with Crippen molar-refractivity contribution < 1.29 is 0 Å². The molecule has 0 aromatic carbocycles. The molecule has 0 rings (SSSR count). The van der Waals surface area contributed by atoms with Crippen molar-refractivity contribution >= 4 is 5.96 Å². The van der Waals surface area contributed by atoms with E-state index in [1.54, 1.807) is 0 Å². The number of hydrogen-bond acceptors (Lipinski definition) is 1. The number of hydrogen-bond donors (Lipinski definition) is 2. The number of aliphatic imine (C=N–C) groups is 1. The summed E-state index contributed by atoms with van der Waals surface area (Å²) >= 11 is 0. The van der Waals surface area contributed by atoms with Crippen molar-refractivity contribution in [1.82, 2.24) is 0 Å². The van der Waals surface area contributed by atoms with Crippen molar-refractivity contribution in [2.75, 3.05) is 7.05 Å². The number of nitrogens with zero attached hydrogens (tertiary/aromatic N) is 1. The molecule has 3 nitrogen and oxygen atoms in total. The van der Waals surface area contributed by atoms with Crippen molar-refractivity contribution in [1.29, 1.82) is 0 Å². The second-order valence-electron chi connectivity index (χ2n) is 1.36. The first kappa shape index (κ1) is 16.1. The number of nitrogens with two attached hydrogens (primary N) is 2. The summed E-state index contributed by atoms with van der Waals surface area (Å²) in [6.45, 7) is 8.25. The highest BCUT2D eigenvalue weighted by Gasteiger charge is 1.61. The Kier molecular flexibility index (Phi) is 38.7. The molecule has 0 bridgehead atoms. The zero-order valence-electron chi connectivity index (χ0n) is 7.81. The predicted octanol–water partition coefficient (Wildman–Crippen LogP) is 1.33. The van der Waals surface area contributed by atoms with Crippen LogP contribution in [0.4, 0.5) is 0 Å². The van der Waals surface area contributed by atoms with Gasteiger partial charge in [-0.2, -0.15) is 0 Å². The van der Waals surface area contributed by atoms with Gasteiger partial charge in [-0.3, -0.25) is 4.99 Å². The molecule has 0 aromatic heterocycles. The van der Waals surface area contributed by atoms with Gasteiger partial charge in [0.05, 0.1) is 0 Å². The molecule has 3 heteroatoms. The molecule has 0 amide bonds. The van der Waals surface area contributed by atoms with E-state index in [0.717, 1.165) is 0 Å². The molecule has 0 aliphatic rings. The van der Waals surface area contributed by atoms with E-state index < -0.39 is 0 Å². The summed E-state index contributed by atoms with van der Waals surface area (Å²) in [6.07, 6.45) is 1.25. The number of rotatable bonds is 0. The highest BCUT2D eigenvalue weighted by Crippen LogP contribution is 1.56. The average Bonchev–Trinajstić information content (AvgIpc) is 1.94. The van der Waals surface area contributed by atoms with E-state index in [1.807, 2.05) is 13.8 Å². The molecule has 0 aliphatic heterocycles. The summed E-state index contributed by atoms with van der Waals surface area (Å²) in [5.74, 6) is 0.130. The van der Waals surface area contributed by atoms with Gasteiger partial charge in [-0.25, -0.2) is 0 Å². The molecule has 0 saturated heterocycles. The van der Waals surface area contributed by atoms with Gasteiger partial charge in [-0.15, -0.1) is 0 Å². The van der Waals surface area contributed by atoms with Gasteiger partial charge < -0.3 is 11.5 Å². The molecule has 10 heavy (non-hydrogen) atoms. The van der Waals surface area contributed by atoms with Crippen molar-refractivity contribution in [2.24, 2.45) is 16.5 Å². The molecule has 0 radical (unpaired) electrons. The molecule has 0 fully saturated rings. The first-order chi connectivity index (χ1) is 4.68. The van der Waals surface area contributed by atoms with Crippen molar-refractivity contribution in [2.45, 2.75) is 34.1 Å². The van der Waals surface area contributed by atoms with E-state index in [4.69, 9.17) is 11.5 Å². The minimum Gasteiger partial charge on any atom is -0.370 e. The molecule has 0 spiro atoms. The Morgan fingerprint density at radius 2 is 1.30 bits per heavy atom. The van der Waals surface area contributed by atoms with Crippen LogP contribution < -0.4 is 11.5 Å². The van der Waals surface area contributed by atoms with Crippen molar-refractivity contribution in [3.05, 3.63) is 0 Å². The summed E-state index contributed by atoms with van der Waals surface area (Å²) < 4.78 is 0. The molecular formula is C7H21N3. The molecule has 4 N–H and O–H groups in total. The van der Waals surface area contributed by atoms with E-state index in [9.17, 15) is 0 Å². The Bertz CT molecular complexity index is 55.9. The van der Waals surface area contributed by atoms with Crippen LogP contribution in [0.1, 0.15) is 34.1 Å². The second-order valence-corrected chi connectivity index (χ2v) is 1.36. The Labute approximate surface area is 64.5 Å². The maximum Gasteiger partial charge on any atom is 0.185 e. The topological polar surface area (TPSA) is 64.4 Å². The van der Waals surface area contributed by atoms with Gasteiger partial charge in [-0.1, -0.05) is 34.1 Å². The standard InChI is InChI=1S/C3H8.C2H7N3.C2H6/c1-3-2;1-5-2(3)4;1-2/h3H2,1-2H3;1H3,(H4,3,4,5);1-2H3. The molecule has 64 valence electrons. The predicted molar refractivity (Wildman–Crippen MR) is 49.0 cm³/mol. The minimum absolute atomic E-state index is 0.130. The van der Waals surface area contributed by atoms with Crippen LogP contribution >= 0.6 is 0 Å². The third-order valence-electron chi connectivity index (χ3n) is 0.258. The van der Waals surface area contributed by atoms with E-state index in [0.29, 0.717) is 0 Å². The fraction of sp³-hybridized carbons (Fsp3) is 0.857. The van der Waals surface area contributed by atoms with E-state index in [1.165, 1.54) is 13.5 Å². The lowest BCUT2D eigenvalue weighted by Crippen LogP contribution is -2.21. The molecule has 0 aliphatic carbocycles. The van der Waals surface area contributed by atoms with Crippen LogP contribution in [0.3, 0.4) is 0 Å². The normalized spacial score (nSPS) is 5.70. The maximum absolute atomic E-state index is 4.82. The zero-order valence-corrected chi connectivity index (χ0v) is 7.81. The van der Waals surface area contributed by atoms with E-state index >= 15 is 0 Å². The SMILES string of the molecule is CC.CCC.CN=C(N)N. The van der Waals surface area contributed by atoms with Gasteiger partial charge in [0.25, 0.3) is 0 Å². The first-order valence-electron chi connectivity index (χ1n) is 3.66. The first-order valence-corrected chi connectivity index (χ1v) is 3.66. The van der Waals surface area contributed by atoms with Gasteiger partial charge in [-0.05, 0) is 0 Å². The maximum atomic E-state index is 4.82. The summed E-state index contributed by atoms with van der Waals surface area (Å²) in [7, 11) is 1.54. The van der Waals surface area contributed by atoms with Crippen LogP contribution in [-0.4, -0.2) is 13.0 Å². The van der Waals surface area contributed by atoms with Crippen LogP contribution in [0.5, 0.6) is 0 Å². The van der Waals surface area contributed by atoms with E-state index in [-0.39, 0.29) is 5.96 Å². The molecule has 0 atom stereocenters. The Hall–Kier alpha value is -0.730. The average molecular weight is 147 g/mol. The highest BCUT2D eigenvalue weighted by atomic mass is 15.0. The summed E-state index contributed by atoms with van der Waals surface area (Å²) in [5.41, 5.74) is 9.64. The third-order valence-corrected chi connectivity index (χ3v) is 0.258. The monoisotopic (exact) mass is 147 g/mol. The highest BCUT2D eigenvalue weighted by molar-refractivity contribution is 5.75. The second kappa shape index (κ2) is 24.0. The molecular weight excluding hydrogens is 126 g/mol.